The summed E-state index contributed by atoms with van der Waals surface area (Å²) in [7, 11) is 0. The van der Waals surface area contributed by atoms with E-state index in [1.165, 1.54) is 43.6 Å². The molecule has 0 saturated carbocycles. The van der Waals surface area contributed by atoms with Crippen molar-refractivity contribution >= 4 is 43.6 Å². The van der Waals surface area contributed by atoms with Gasteiger partial charge in [0.2, 0.25) is 0 Å². The first-order valence-corrected chi connectivity index (χ1v) is 12.8. The Kier molecular flexibility index (Phi) is 6.18. The van der Waals surface area contributed by atoms with Crippen LogP contribution in [0.25, 0.3) is 43.6 Å². The van der Waals surface area contributed by atoms with E-state index in [2.05, 4.69) is 130 Å². The molecule has 0 aliphatic rings. The van der Waals surface area contributed by atoms with E-state index in [1.807, 2.05) is 0 Å². The predicted molar refractivity (Wildman–Crippen MR) is 153 cm³/mol. The molecule has 0 atom stereocenters. The standard InChI is InChI=1S/C34H28N2/c1(3-5-15-25-35-31-21-11-7-17-27(31)28-18-8-12-22-32(28)35)2-4-6-16-26-36-33-23-13-9-19-29(33)30-20-10-14-24-34(30)36/h7-14,17-24H,5-6,15-16,25-26H2. The third-order valence-electron chi connectivity index (χ3n) is 6.97. The second-order valence-corrected chi connectivity index (χ2v) is 9.18. The lowest BCUT2D eigenvalue weighted by Crippen LogP contribution is -1.97. The van der Waals surface area contributed by atoms with Gasteiger partial charge in [0.15, 0.2) is 0 Å². The first-order valence-electron chi connectivity index (χ1n) is 12.8. The Labute approximate surface area is 212 Å². The molecule has 4 aromatic carbocycles. The molecule has 0 radical (unpaired) electrons. The van der Waals surface area contributed by atoms with E-state index in [9.17, 15) is 0 Å². The van der Waals surface area contributed by atoms with Crippen LogP contribution in [-0.2, 0) is 13.1 Å². The predicted octanol–water partition coefficient (Wildman–Crippen LogP) is 8.17. The Hall–Kier alpha value is -4.40. The molecule has 0 spiro atoms. The minimum Gasteiger partial charge on any atom is -0.340 e. The van der Waals surface area contributed by atoms with Crippen molar-refractivity contribution in [2.75, 3.05) is 0 Å². The summed E-state index contributed by atoms with van der Waals surface area (Å²) in [4.78, 5) is 0. The fourth-order valence-electron chi connectivity index (χ4n) is 5.35. The maximum atomic E-state index is 3.25. The van der Waals surface area contributed by atoms with Crippen molar-refractivity contribution in [2.45, 2.75) is 38.8 Å². The lowest BCUT2D eigenvalue weighted by molar-refractivity contribution is 0.694. The fourth-order valence-corrected chi connectivity index (χ4v) is 5.35. The van der Waals surface area contributed by atoms with E-state index in [0.29, 0.717) is 0 Å². The number of benzene rings is 4. The smallest absolute Gasteiger partial charge is 0.0491 e. The summed E-state index contributed by atoms with van der Waals surface area (Å²) in [6.07, 6.45) is 3.75. The van der Waals surface area contributed by atoms with Crippen LogP contribution in [0.3, 0.4) is 0 Å². The molecule has 0 bridgehead atoms. The van der Waals surface area contributed by atoms with Gasteiger partial charge in [0.05, 0.1) is 0 Å². The molecular formula is C34H28N2. The van der Waals surface area contributed by atoms with E-state index in [4.69, 9.17) is 0 Å². The molecule has 0 unspecified atom stereocenters. The van der Waals surface area contributed by atoms with Crippen molar-refractivity contribution < 1.29 is 0 Å². The molecule has 0 N–H and O–H groups in total. The Morgan fingerprint density at radius 2 is 0.722 bits per heavy atom. The second-order valence-electron chi connectivity index (χ2n) is 9.18. The van der Waals surface area contributed by atoms with Gasteiger partial charge in [-0.3, -0.25) is 0 Å². The second kappa shape index (κ2) is 10.1. The van der Waals surface area contributed by atoms with Crippen LogP contribution in [0.2, 0.25) is 0 Å². The summed E-state index contributed by atoms with van der Waals surface area (Å²) in [5.74, 6) is 12.6. The molecule has 0 saturated heterocycles. The summed E-state index contributed by atoms with van der Waals surface area (Å²) in [5.41, 5.74) is 5.20. The molecule has 36 heavy (non-hydrogen) atoms. The Balaban J connectivity index is 1.04. The van der Waals surface area contributed by atoms with Crippen LogP contribution in [0.4, 0.5) is 0 Å². The van der Waals surface area contributed by atoms with Gasteiger partial charge in [-0.2, -0.15) is 0 Å². The average Bonchev–Trinajstić information content (AvgIpc) is 3.43. The molecule has 6 rings (SSSR count). The molecule has 2 heterocycles. The zero-order chi connectivity index (χ0) is 24.2. The molecular weight excluding hydrogens is 436 g/mol. The summed E-state index contributed by atoms with van der Waals surface area (Å²) < 4.78 is 4.85. The molecule has 0 amide bonds. The van der Waals surface area contributed by atoms with Gasteiger partial charge >= 0.3 is 0 Å². The van der Waals surface area contributed by atoms with Crippen molar-refractivity contribution in [3.63, 3.8) is 0 Å². The molecule has 0 aliphatic heterocycles. The van der Waals surface area contributed by atoms with E-state index < -0.39 is 0 Å². The van der Waals surface area contributed by atoms with Gasteiger partial charge in [-0.1, -0.05) is 84.6 Å². The number of fused-ring (bicyclic) bond motifs is 6. The molecule has 2 heteroatoms. The van der Waals surface area contributed by atoms with E-state index in [0.717, 1.165) is 38.8 Å². The van der Waals surface area contributed by atoms with Gasteiger partial charge in [0.1, 0.15) is 0 Å². The number of aromatic nitrogens is 2. The largest absolute Gasteiger partial charge is 0.340 e. The summed E-state index contributed by atoms with van der Waals surface area (Å²) in [6.45, 7) is 1.93. The minimum absolute atomic E-state index is 0.858. The topological polar surface area (TPSA) is 9.86 Å². The molecule has 174 valence electrons. The molecule has 2 aromatic heterocycles. The molecule has 0 aliphatic carbocycles. The maximum Gasteiger partial charge on any atom is 0.0491 e. The molecule has 6 aromatic rings. The highest BCUT2D eigenvalue weighted by molar-refractivity contribution is 6.08. The van der Waals surface area contributed by atoms with Gasteiger partial charge < -0.3 is 9.13 Å². The monoisotopic (exact) mass is 464 g/mol. The van der Waals surface area contributed by atoms with Crippen LogP contribution >= 0.6 is 0 Å². The van der Waals surface area contributed by atoms with E-state index in [1.54, 1.807) is 0 Å². The number of nitrogens with zero attached hydrogens (tertiary/aromatic N) is 2. The third-order valence-corrected chi connectivity index (χ3v) is 6.97. The highest BCUT2D eigenvalue weighted by Gasteiger charge is 2.09. The number of para-hydroxylation sites is 4. The van der Waals surface area contributed by atoms with E-state index >= 15 is 0 Å². The lowest BCUT2D eigenvalue weighted by atomic mass is 10.2. The lowest BCUT2D eigenvalue weighted by Gasteiger charge is -2.05. The van der Waals surface area contributed by atoms with Crippen molar-refractivity contribution in [3.05, 3.63) is 97.1 Å². The number of hydrogen-bond acceptors (Lipinski definition) is 0. The summed E-state index contributed by atoms with van der Waals surface area (Å²) >= 11 is 0. The Morgan fingerprint density at radius 1 is 0.417 bits per heavy atom. The maximum absolute atomic E-state index is 3.25. The van der Waals surface area contributed by atoms with Crippen molar-refractivity contribution in [1.82, 2.24) is 9.13 Å². The van der Waals surface area contributed by atoms with Crippen molar-refractivity contribution in [3.8, 4) is 23.7 Å². The summed E-state index contributed by atoms with van der Waals surface area (Å²) in [5, 5.41) is 5.30. The van der Waals surface area contributed by atoms with Crippen LogP contribution in [0.1, 0.15) is 25.7 Å². The molecule has 0 fully saturated rings. The zero-order valence-corrected chi connectivity index (χ0v) is 20.4. The summed E-state index contributed by atoms with van der Waals surface area (Å²) in [6, 6.07) is 34.7. The number of hydrogen-bond donors (Lipinski definition) is 0. The number of rotatable bonds is 6. The number of unbranched alkanes of at least 4 members (excludes halogenated alkanes) is 2. The highest BCUT2D eigenvalue weighted by Crippen LogP contribution is 2.30. The van der Waals surface area contributed by atoms with Gasteiger partial charge in [-0.25, -0.2) is 0 Å². The van der Waals surface area contributed by atoms with Crippen LogP contribution in [0, 0.1) is 23.7 Å². The normalized spacial score (nSPS) is 11.0. The van der Waals surface area contributed by atoms with Gasteiger partial charge in [-0.05, 0) is 48.9 Å². The minimum atomic E-state index is 0.858. The SMILES string of the molecule is C(C#CCCCn1c2ccccc2c2ccccc21)#CCCCn1c2ccccc2c2ccccc21. The zero-order valence-electron chi connectivity index (χ0n) is 20.4. The first-order chi connectivity index (χ1) is 17.9. The Bertz CT molecular complexity index is 1570. The quantitative estimate of drug-likeness (QED) is 0.174. The van der Waals surface area contributed by atoms with Gasteiger partial charge in [0, 0.05) is 69.5 Å². The average molecular weight is 465 g/mol. The molecule has 2 nitrogen and oxygen atoms in total. The van der Waals surface area contributed by atoms with Crippen LogP contribution in [0.15, 0.2) is 97.1 Å². The van der Waals surface area contributed by atoms with Gasteiger partial charge in [0.25, 0.3) is 0 Å². The van der Waals surface area contributed by atoms with E-state index in [-0.39, 0.29) is 0 Å². The van der Waals surface area contributed by atoms with Crippen molar-refractivity contribution in [1.29, 1.82) is 0 Å². The van der Waals surface area contributed by atoms with Crippen LogP contribution in [0.5, 0.6) is 0 Å². The first kappa shape index (κ1) is 22.1. The third kappa shape index (κ3) is 4.13. The highest BCUT2D eigenvalue weighted by atomic mass is 15.0. The van der Waals surface area contributed by atoms with Crippen LogP contribution < -0.4 is 0 Å². The fraction of sp³-hybridized carbons (Fsp3) is 0.176. The van der Waals surface area contributed by atoms with Crippen LogP contribution in [-0.4, -0.2) is 9.13 Å². The number of aryl methyl sites for hydroxylation is 2. The van der Waals surface area contributed by atoms with Gasteiger partial charge in [-0.15, -0.1) is 0 Å². The van der Waals surface area contributed by atoms with Crippen molar-refractivity contribution in [2.24, 2.45) is 0 Å². The Morgan fingerprint density at radius 3 is 1.06 bits per heavy atom.